The highest BCUT2D eigenvalue weighted by Gasteiger charge is 2.05. The molecule has 3 aromatic carbocycles. The van der Waals surface area contributed by atoms with Crippen molar-refractivity contribution >= 4 is 5.69 Å². The van der Waals surface area contributed by atoms with Crippen LogP contribution in [0.25, 0.3) is 10.4 Å². The van der Waals surface area contributed by atoms with Gasteiger partial charge in [0.25, 0.3) is 0 Å². The first-order chi connectivity index (χ1) is 13.3. The van der Waals surface area contributed by atoms with E-state index in [9.17, 15) is 5.11 Å². The number of rotatable bonds is 5. The van der Waals surface area contributed by atoms with E-state index in [2.05, 4.69) is 21.9 Å². The highest BCUT2D eigenvalue weighted by molar-refractivity contribution is 5.55. The summed E-state index contributed by atoms with van der Waals surface area (Å²) in [5, 5.41) is 13.9. The number of aliphatic hydroxyl groups excluding tert-OH is 1. The Morgan fingerprint density at radius 3 is 2.41 bits per heavy atom. The SMILES string of the molecule is [N-]=[N+]=Nc1ccccc1C#CC(O)c1ccc(OCc2ccccc2)cc1. The summed E-state index contributed by atoms with van der Waals surface area (Å²) in [5.74, 6) is 6.35. The Bertz CT molecular complexity index is 999. The normalized spacial score (nSPS) is 10.9. The van der Waals surface area contributed by atoms with Crippen LogP contribution in [0.15, 0.2) is 84.0 Å². The standard InChI is InChI=1S/C22H17N3O2/c23-25-24-21-9-5-4-8-18(21)12-15-22(26)19-10-13-20(14-11-19)27-16-17-6-2-1-3-7-17/h1-11,13-14,22,26H,16H2. The minimum absolute atomic E-state index is 0.435. The molecule has 3 rings (SSSR count). The second-order valence-corrected chi connectivity index (χ2v) is 5.72. The van der Waals surface area contributed by atoms with Gasteiger partial charge in [0.05, 0.1) is 5.69 Å². The lowest BCUT2D eigenvalue weighted by Gasteiger charge is -2.08. The zero-order chi connectivity index (χ0) is 18.9. The molecule has 0 aliphatic heterocycles. The van der Waals surface area contributed by atoms with Gasteiger partial charge < -0.3 is 9.84 Å². The van der Waals surface area contributed by atoms with Gasteiger partial charge in [-0.3, -0.25) is 0 Å². The fraction of sp³-hybridized carbons (Fsp3) is 0.0909. The van der Waals surface area contributed by atoms with E-state index in [0.717, 1.165) is 11.3 Å². The number of azide groups is 1. The molecule has 0 bridgehead atoms. The van der Waals surface area contributed by atoms with Gasteiger partial charge in [-0.1, -0.05) is 77.6 Å². The molecule has 3 aromatic rings. The van der Waals surface area contributed by atoms with Crippen molar-refractivity contribution in [2.24, 2.45) is 5.11 Å². The Morgan fingerprint density at radius 1 is 0.963 bits per heavy atom. The number of benzene rings is 3. The molecule has 1 N–H and O–H groups in total. The molecule has 0 heterocycles. The summed E-state index contributed by atoms with van der Waals surface area (Å²) < 4.78 is 5.73. The Morgan fingerprint density at radius 2 is 1.67 bits per heavy atom. The second kappa shape index (κ2) is 9.12. The average molecular weight is 355 g/mol. The lowest BCUT2D eigenvalue weighted by Crippen LogP contribution is -1.97. The number of ether oxygens (including phenoxy) is 1. The van der Waals surface area contributed by atoms with E-state index in [1.165, 1.54) is 0 Å². The molecule has 0 saturated heterocycles. The molecule has 0 fully saturated rings. The van der Waals surface area contributed by atoms with E-state index in [-0.39, 0.29) is 0 Å². The van der Waals surface area contributed by atoms with Crippen LogP contribution in [-0.2, 0) is 6.61 Å². The van der Waals surface area contributed by atoms with Crippen molar-refractivity contribution in [1.29, 1.82) is 0 Å². The van der Waals surface area contributed by atoms with E-state index in [1.54, 1.807) is 48.5 Å². The summed E-state index contributed by atoms with van der Waals surface area (Å²) in [6.07, 6.45) is -0.952. The first-order valence-electron chi connectivity index (χ1n) is 8.36. The number of hydrogen-bond donors (Lipinski definition) is 1. The van der Waals surface area contributed by atoms with Gasteiger partial charge in [0.2, 0.25) is 0 Å². The maximum absolute atomic E-state index is 10.3. The number of nitrogens with zero attached hydrogens (tertiary/aromatic N) is 3. The van der Waals surface area contributed by atoms with Gasteiger partial charge in [0, 0.05) is 10.5 Å². The molecule has 5 nitrogen and oxygen atoms in total. The first-order valence-corrected chi connectivity index (χ1v) is 8.36. The maximum Gasteiger partial charge on any atom is 0.140 e. The third-order valence-electron chi connectivity index (χ3n) is 3.84. The average Bonchev–Trinajstić information content (AvgIpc) is 2.73. The zero-order valence-electron chi connectivity index (χ0n) is 14.5. The van der Waals surface area contributed by atoms with Gasteiger partial charge in [-0.15, -0.1) is 0 Å². The predicted octanol–water partition coefficient (Wildman–Crippen LogP) is 5.29. The van der Waals surface area contributed by atoms with E-state index in [4.69, 9.17) is 10.3 Å². The summed E-state index contributed by atoms with van der Waals surface area (Å²) in [5.41, 5.74) is 11.3. The molecule has 27 heavy (non-hydrogen) atoms. The Balaban J connectivity index is 1.66. The molecule has 0 radical (unpaired) electrons. The van der Waals surface area contributed by atoms with Crippen molar-refractivity contribution in [1.82, 2.24) is 0 Å². The van der Waals surface area contributed by atoms with Crippen LogP contribution in [0.3, 0.4) is 0 Å². The molecule has 0 saturated carbocycles. The number of hydrogen-bond acceptors (Lipinski definition) is 3. The van der Waals surface area contributed by atoms with Gasteiger partial charge in [-0.25, -0.2) is 0 Å². The molecular formula is C22H17N3O2. The Hall–Kier alpha value is -3.71. The quantitative estimate of drug-likeness (QED) is 0.292. The van der Waals surface area contributed by atoms with Crippen LogP contribution >= 0.6 is 0 Å². The Labute approximate surface area is 157 Å². The molecule has 1 unspecified atom stereocenters. The van der Waals surface area contributed by atoms with Crippen molar-refractivity contribution in [3.63, 3.8) is 0 Å². The van der Waals surface area contributed by atoms with Crippen LogP contribution in [-0.4, -0.2) is 5.11 Å². The van der Waals surface area contributed by atoms with Crippen LogP contribution in [0, 0.1) is 11.8 Å². The van der Waals surface area contributed by atoms with Gasteiger partial charge in [0.15, 0.2) is 0 Å². The van der Waals surface area contributed by atoms with E-state index >= 15 is 0 Å². The third-order valence-corrected chi connectivity index (χ3v) is 3.84. The fourth-order valence-corrected chi connectivity index (χ4v) is 2.43. The Kier molecular flexibility index (Phi) is 6.11. The summed E-state index contributed by atoms with van der Waals surface area (Å²) in [4.78, 5) is 2.78. The van der Waals surface area contributed by atoms with Crippen molar-refractivity contribution in [3.8, 4) is 17.6 Å². The lowest BCUT2D eigenvalue weighted by molar-refractivity contribution is 0.238. The second-order valence-electron chi connectivity index (χ2n) is 5.72. The van der Waals surface area contributed by atoms with Gasteiger partial charge in [0.1, 0.15) is 18.5 Å². The van der Waals surface area contributed by atoms with Crippen LogP contribution in [0.4, 0.5) is 5.69 Å². The number of aliphatic hydroxyl groups is 1. The summed E-state index contributed by atoms with van der Waals surface area (Å²) >= 11 is 0. The molecule has 0 spiro atoms. The van der Waals surface area contributed by atoms with E-state index in [0.29, 0.717) is 23.4 Å². The van der Waals surface area contributed by atoms with Crippen molar-refractivity contribution in [2.75, 3.05) is 0 Å². The maximum atomic E-state index is 10.3. The van der Waals surface area contributed by atoms with Gasteiger partial charge >= 0.3 is 0 Å². The summed E-state index contributed by atoms with van der Waals surface area (Å²) in [6.45, 7) is 0.485. The molecule has 5 heteroatoms. The van der Waals surface area contributed by atoms with Crippen LogP contribution in [0.5, 0.6) is 5.75 Å². The van der Waals surface area contributed by atoms with Crippen LogP contribution in [0.1, 0.15) is 22.8 Å². The fourth-order valence-electron chi connectivity index (χ4n) is 2.43. The molecule has 0 aliphatic carbocycles. The molecule has 0 amide bonds. The lowest BCUT2D eigenvalue weighted by atomic mass is 10.1. The minimum Gasteiger partial charge on any atom is -0.489 e. The zero-order valence-corrected chi connectivity index (χ0v) is 14.5. The molecule has 0 aromatic heterocycles. The highest BCUT2D eigenvalue weighted by Crippen LogP contribution is 2.20. The molecule has 132 valence electrons. The third kappa shape index (κ3) is 5.13. The largest absolute Gasteiger partial charge is 0.489 e. The molecular weight excluding hydrogens is 338 g/mol. The first kappa shape index (κ1) is 18.1. The topological polar surface area (TPSA) is 78.2 Å². The van der Waals surface area contributed by atoms with Crippen molar-refractivity contribution < 1.29 is 9.84 Å². The monoisotopic (exact) mass is 355 g/mol. The summed E-state index contributed by atoms with van der Waals surface area (Å²) in [7, 11) is 0. The van der Waals surface area contributed by atoms with Gasteiger partial charge in [-0.2, -0.15) is 0 Å². The molecule has 1 atom stereocenters. The van der Waals surface area contributed by atoms with Crippen LogP contribution < -0.4 is 4.74 Å². The summed E-state index contributed by atoms with van der Waals surface area (Å²) in [6, 6.07) is 24.0. The highest BCUT2D eigenvalue weighted by atomic mass is 16.5. The van der Waals surface area contributed by atoms with E-state index < -0.39 is 6.10 Å². The minimum atomic E-state index is -0.952. The van der Waals surface area contributed by atoms with E-state index in [1.807, 2.05) is 30.3 Å². The van der Waals surface area contributed by atoms with Crippen molar-refractivity contribution in [3.05, 3.63) is 106 Å². The van der Waals surface area contributed by atoms with Crippen molar-refractivity contribution in [2.45, 2.75) is 12.7 Å². The van der Waals surface area contributed by atoms with Gasteiger partial charge in [-0.05, 0) is 34.9 Å². The smallest absolute Gasteiger partial charge is 0.140 e. The molecule has 0 aliphatic rings. The predicted molar refractivity (Wildman–Crippen MR) is 104 cm³/mol. The van der Waals surface area contributed by atoms with Crippen LogP contribution in [0.2, 0.25) is 0 Å².